The lowest BCUT2D eigenvalue weighted by atomic mass is 10.1. The van der Waals surface area contributed by atoms with Crippen molar-refractivity contribution in [3.8, 4) is 0 Å². The second kappa shape index (κ2) is 6.00. The summed E-state index contributed by atoms with van der Waals surface area (Å²) in [5, 5.41) is 0. The van der Waals surface area contributed by atoms with Crippen LogP contribution in [0, 0.1) is 0 Å². The SMILES string of the molecule is CCN(Cc1cccc(N)c1)C(=O)c1ccncc1. The lowest BCUT2D eigenvalue weighted by molar-refractivity contribution is 0.0752. The van der Waals surface area contributed by atoms with Crippen molar-refractivity contribution in [1.82, 2.24) is 9.88 Å². The van der Waals surface area contributed by atoms with Crippen molar-refractivity contribution in [3.05, 3.63) is 59.9 Å². The summed E-state index contributed by atoms with van der Waals surface area (Å²) in [5.74, 6) is 0.00678. The van der Waals surface area contributed by atoms with Gasteiger partial charge in [-0.1, -0.05) is 12.1 Å². The van der Waals surface area contributed by atoms with Crippen LogP contribution in [-0.2, 0) is 6.54 Å². The summed E-state index contributed by atoms with van der Waals surface area (Å²) in [6.07, 6.45) is 3.25. The van der Waals surface area contributed by atoms with Crippen LogP contribution >= 0.6 is 0 Å². The highest BCUT2D eigenvalue weighted by Gasteiger charge is 2.14. The van der Waals surface area contributed by atoms with E-state index in [1.54, 1.807) is 29.4 Å². The minimum Gasteiger partial charge on any atom is -0.399 e. The molecule has 4 nitrogen and oxygen atoms in total. The number of benzene rings is 1. The van der Waals surface area contributed by atoms with E-state index in [1.165, 1.54) is 0 Å². The fourth-order valence-electron chi connectivity index (χ4n) is 1.92. The lowest BCUT2D eigenvalue weighted by Gasteiger charge is -2.21. The molecule has 0 aliphatic heterocycles. The molecule has 0 bridgehead atoms. The highest BCUT2D eigenvalue weighted by molar-refractivity contribution is 5.94. The minimum atomic E-state index is 0.00678. The molecule has 1 amide bonds. The fraction of sp³-hybridized carbons (Fsp3) is 0.200. The van der Waals surface area contributed by atoms with Crippen molar-refractivity contribution < 1.29 is 4.79 Å². The van der Waals surface area contributed by atoms with Crippen molar-refractivity contribution in [2.45, 2.75) is 13.5 Å². The number of carbonyl (C=O) groups is 1. The molecule has 0 radical (unpaired) electrons. The molecule has 2 N–H and O–H groups in total. The van der Waals surface area contributed by atoms with Crippen LogP contribution < -0.4 is 5.73 Å². The second-order valence-electron chi connectivity index (χ2n) is 4.30. The smallest absolute Gasteiger partial charge is 0.254 e. The number of rotatable bonds is 4. The third kappa shape index (κ3) is 3.31. The minimum absolute atomic E-state index is 0.00678. The molecule has 0 aliphatic carbocycles. The van der Waals surface area contributed by atoms with Gasteiger partial charge in [0, 0.05) is 36.7 Å². The summed E-state index contributed by atoms with van der Waals surface area (Å²) >= 11 is 0. The Morgan fingerprint density at radius 2 is 2.00 bits per heavy atom. The molecule has 0 fully saturated rings. The summed E-state index contributed by atoms with van der Waals surface area (Å²) in [7, 11) is 0. The highest BCUT2D eigenvalue weighted by atomic mass is 16.2. The van der Waals surface area contributed by atoms with Gasteiger partial charge in [0.2, 0.25) is 0 Å². The van der Waals surface area contributed by atoms with Crippen molar-refractivity contribution >= 4 is 11.6 Å². The summed E-state index contributed by atoms with van der Waals surface area (Å²) in [6, 6.07) is 11.1. The van der Waals surface area contributed by atoms with Crippen molar-refractivity contribution in [3.63, 3.8) is 0 Å². The van der Waals surface area contributed by atoms with E-state index >= 15 is 0 Å². The molecule has 19 heavy (non-hydrogen) atoms. The van der Waals surface area contributed by atoms with Crippen molar-refractivity contribution in [2.75, 3.05) is 12.3 Å². The Balaban J connectivity index is 2.15. The first kappa shape index (κ1) is 13.1. The van der Waals surface area contributed by atoms with Crippen LogP contribution in [0.15, 0.2) is 48.8 Å². The Morgan fingerprint density at radius 1 is 1.26 bits per heavy atom. The van der Waals surface area contributed by atoms with E-state index < -0.39 is 0 Å². The number of carbonyl (C=O) groups excluding carboxylic acids is 1. The topological polar surface area (TPSA) is 59.2 Å². The van der Waals surface area contributed by atoms with Crippen molar-refractivity contribution in [1.29, 1.82) is 0 Å². The van der Waals surface area contributed by atoms with Gasteiger partial charge in [0.25, 0.3) is 5.91 Å². The van der Waals surface area contributed by atoms with E-state index in [9.17, 15) is 4.79 Å². The van der Waals surface area contributed by atoms with Crippen LogP contribution in [0.4, 0.5) is 5.69 Å². The normalized spacial score (nSPS) is 10.2. The van der Waals surface area contributed by atoms with E-state index in [0.717, 1.165) is 5.56 Å². The van der Waals surface area contributed by atoms with Gasteiger partial charge < -0.3 is 10.6 Å². The molecule has 0 unspecified atom stereocenters. The van der Waals surface area contributed by atoms with E-state index in [2.05, 4.69) is 4.98 Å². The van der Waals surface area contributed by atoms with E-state index in [1.807, 2.05) is 31.2 Å². The summed E-state index contributed by atoms with van der Waals surface area (Å²) in [5.41, 5.74) is 8.15. The largest absolute Gasteiger partial charge is 0.399 e. The molecule has 0 atom stereocenters. The average molecular weight is 255 g/mol. The van der Waals surface area contributed by atoms with Crippen LogP contribution in [-0.4, -0.2) is 22.3 Å². The quantitative estimate of drug-likeness (QED) is 0.853. The van der Waals surface area contributed by atoms with Gasteiger partial charge >= 0.3 is 0 Å². The number of hydrogen-bond acceptors (Lipinski definition) is 3. The molecule has 1 heterocycles. The standard InChI is InChI=1S/C15H17N3O/c1-2-18(11-12-4-3-5-14(16)10-12)15(19)13-6-8-17-9-7-13/h3-10H,2,11,16H2,1H3. The Bertz CT molecular complexity index is 554. The summed E-state index contributed by atoms with van der Waals surface area (Å²) < 4.78 is 0. The zero-order chi connectivity index (χ0) is 13.7. The number of pyridine rings is 1. The molecule has 1 aromatic heterocycles. The van der Waals surface area contributed by atoms with Gasteiger partial charge in [0.05, 0.1) is 0 Å². The highest BCUT2D eigenvalue weighted by Crippen LogP contribution is 2.12. The zero-order valence-electron chi connectivity index (χ0n) is 10.9. The van der Waals surface area contributed by atoms with Crippen LogP contribution in [0.1, 0.15) is 22.8 Å². The maximum Gasteiger partial charge on any atom is 0.254 e. The monoisotopic (exact) mass is 255 g/mol. The number of amides is 1. The molecule has 0 aliphatic rings. The number of anilines is 1. The maximum absolute atomic E-state index is 12.3. The Morgan fingerprint density at radius 3 is 2.63 bits per heavy atom. The van der Waals surface area contributed by atoms with Gasteiger partial charge in [-0.3, -0.25) is 9.78 Å². The molecule has 2 aromatic rings. The van der Waals surface area contributed by atoms with Crippen LogP contribution in [0.5, 0.6) is 0 Å². The van der Waals surface area contributed by atoms with Crippen LogP contribution in [0.25, 0.3) is 0 Å². The Kier molecular flexibility index (Phi) is 4.13. The fourth-order valence-corrected chi connectivity index (χ4v) is 1.92. The van der Waals surface area contributed by atoms with Gasteiger partial charge in [0.15, 0.2) is 0 Å². The first-order chi connectivity index (χ1) is 9.20. The third-order valence-electron chi connectivity index (χ3n) is 2.92. The van der Waals surface area contributed by atoms with Crippen LogP contribution in [0.3, 0.4) is 0 Å². The molecule has 0 spiro atoms. The number of hydrogen-bond donors (Lipinski definition) is 1. The number of nitrogens with zero attached hydrogens (tertiary/aromatic N) is 2. The third-order valence-corrected chi connectivity index (χ3v) is 2.92. The molecule has 1 aromatic carbocycles. The average Bonchev–Trinajstić information content (AvgIpc) is 2.45. The Hall–Kier alpha value is -2.36. The second-order valence-corrected chi connectivity index (χ2v) is 4.30. The lowest BCUT2D eigenvalue weighted by Crippen LogP contribution is -2.30. The summed E-state index contributed by atoms with van der Waals surface area (Å²) in [6.45, 7) is 3.17. The molecule has 2 rings (SSSR count). The number of nitrogens with two attached hydrogens (primary N) is 1. The first-order valence-corrected chi connectivity index (χ1v) is 6.24. The van der Waals surface area contributed by atoms with Gasteiger partial charge in [-0.25, -0.2) is 0 Å². The number of nitrogen functional groups attached to an aromatic ring is 1. The maximum atomic E-state index is 12.3. The molecule has 0 saturated heterocycles. The van der Waals surface area contributed by atoms with Gasteiger partial charge in [-0.05, 0) is 36.8 Å². The van der Waals surface area contributed by atoms with Gasteiger partial charge in [0.1, 0.15) is 0 Å². The molecular weight excluding hydrogens is 238 g/mol. The first-order valence-electron chi connectivity index (χ1n) is 6.24. The van der Waals surface area contributed by atoms with E-state index in [-0.39, 0.29) is 5.91 Å². The zero-order valence-corrected chi connectivity index (χ0v) is 10.9. The number of aromatic nitrogens is 1. The molecular formula is C15H17N3O. The Labute approximate surface area is 112 Å². The van der Waals surface area contributed by atoms with Crippen LogP contribution in [0.2, 0.25) is 0 Å². The molecule has 98 valence electrons. The summed E-state index contributed by atoms with van der Waals surface area (Å²) in [4.78, 5) is 18.0. The predicted octanol–water partition coefficient (Wildman–Crippen LogP) is 2.33. The van der Waals surface area contributed by atoms with E-state index in [4.69, 9.17) is 5.73 Å². The van der Waals surface area contributed by atoms with Gasteiger partial charge in [-0.2, -0.15) is 0 Å². The van der Waals surface area contributed by atoms with E-state index in [0.29, 0.717) is 24.3 Å². The molecule has 0 saturated carbocycles. The predicted molar refractivity (Wildman–Crippen MR) is 75.5 cm³/mol. The molecule has 4 heteroatoms. The van der Waals surface area contributed by atoms with Gasteiger partial charge in [-0.15, -0.1) is 0 Å². The van der Waals surface area contributed by atoms with Crippen molar-refractivity contribution in [2.24, 2.45) is 0 Å².